The summed E-state index contributed by atoms with van der Waals surface area (Å²) in [5, 5.41) is 0.0457. The lowest BCUT2D eigenvalue weighted by Crippen LogP contribution is -2.34. The summed E-state index contributed by atoms with van der Waals surface area (Å²) in [6.07, 6.45) is 2.27. The molecule has 1 aromatic rings. The van der Waals surface area contributed by atoms with Gasteiger partial charge in [-0.1, -0.05) is 11.6 Å². The van der Waals surface area contributed by atoms with Crippen LogP contribution in [0.15, 0.2) is 15.4 Å². The second-order valence-electron chi connectivity index (χ2n) is 5.01. The van der Waals surface area contributed by atoms with Gasteiger partial charge in [0.05, 0.1) is 15.2 Å². The number of nitrogen functional groups attached to an aromatic ring is 1. The third-order valence-corrected chi connectivity index (χ3v) is 6.21. The minimum atomic E-state index is -3.99. The average Bonchev–Trinajstić information content (AvgIpc) is 3.24. The molecular weight excluding hydrogens is 385 g/mol. The van der Waals surface area contributed by atoms with Crippen molar-refractivity contribution < 1.29 is 12.8 Å². The van der Waals surface area contributed by atoms with Gasteiger partial charge in [0.2, 0.25) is 10.0 Å². The molecule has 0 amide bonds. The Bertz CT molecular complexity index is 652. The van der Waals surface area contributed by atoms with Gasteiger partial charge in [-0.05, 0) is 41.9 Å². The van der Waals surface area contributed by atoms with Crippen LogP contribution in [0.25, 0.3) is 0 Å². The second kappa shape index (κ2) is 6.37. The number of nitrogens with one attached hydrogen (secondary N) is 1. The molecule has 0 spiro atoms. The highest BCUT2D eigenvalue weighted by Crippen LogP contribution is 2.34. The van der Waals surface area contributed by atoms with Gasteiger partial charge in [0.1, 0.15) is 4.90 Å². The highest BCUT2D eigenvalue weighted by molar-refractivity contribution is 9.10. The third-order valence-electron chi connectivity index (χ3n) is 3.37. The van der Waals surface area contributed by atoms with E-state index < -0.39 is 20.7 Å². The molecule has 0 aliphatic heterocycles. The monoisotopic (exact) mass is 399 g/mol. The van der Waals surface area contributed by atoms with Crippen molar-refractivity contribution in [1.29, 1.82) is 0 Å². The number of halogens is 3. The van der Waals surface area contributed by atoms with Crippen LogP contribution in [0.4, 0.5) is 10.1 Å². The second-order valence-corrected chi connectivity index (χ2v) is 7.94. The number of nitrogens with two attached hydrogens (primary N) is 1. The zero-order valence-electron chi connectivity index (χ0n) is 11.4. The highest BCUT2D eigenvalue weighted by Gasteiger charge is 2.27. The number of hydrogen-bond donors (Lipinski definition) is 2. The van der Waals surface area contributed by atoms with Crippen LogP contribution in [0, 0.1) is 5.82 Å². The van der Waals surface area contributed by atoms with E-state index in [9.17, 15) is 12.8 Å². The summed E-state index contributed by atoms with van der Waals surface area (Å²) in [7, 11) is -2.06. The standard InChI is InChI=1S/C12H16BrClFN3O2S/c1-18(7-2-3-7)5-4-17-21(19,20)9-6-8(14)10(13)12(16)11(9)15/h6-7,17H,2-5,16H2,1H3. The Morgan fingerprint density at radius 3 is 2.76 bits per heavy atom. The molecule has 0 heterocycles. The Morgan fingerprint density at radius 1 is 1.57 bits per heavy atom. The predicted molar refractivity (Wildman–Crippen MR) is 84.4 cm³/mol. The number of benzene rings is 1. The van der Waals surface area contributed by atoms with Gasteiger partial charge in [-0.2, -0.15) is 0 Å². The molecule has 2 rings (SSSR count). The van der Waals surface area contributed by atoms with Crippen molar-refractivity contribution in [3.05, 3.63) is 21.4 Å². The maximum atomic E-state index is 14.0. The molecular formula is C12H16BrClFN3O2S. The number of hydrogen-bond acceptors (Lipinski definition) is 4. The summed E-state index contributed by atoms with van der Waals surface area (Å²) in [6.45, 7) is 0.758. The molecule has 1 saturated carbocycles. The molecule has 0 bridgehead atoms. The number of anilines is 1. The Morgan fingerprint density at radius 2 is 2.19 bits per heavy atom. The summed E-state index contributed by atoms with van der Waals surface area (Å²) in [4.78, 5) is 1.53. The first kappa shape index (κ1) is 17.0. The molecule has 1 aliphatic rings. The highest BCUT2D eigenvalue weighted by atomic mass is 79.9. The van der Waals surface area contributed by atoms with Crippen molar-refractivity contribution >= 4 is 43.2 Å². The van der Waals surface area contributed by atoms with E-state index in [4.69, 9.17) is 17.3 Å². The fraction of sp³-hybridized carbons (Fsp3) is 0.500. The van der Waals surface area contributed by atoms with E-state index in [1.807, 2.05) is 7.05 Å². The first-order chi connectivity index (χ1) is 9.74. The SMILES string of the molecule is CN(CCNS(=O)(=O)c1cc(Cl)c(Br)c(N)c1F)C1CC1. The molecule has 21 heavy (non-hydrogen) atoms. The van der Waals surface area contributed by atoms with E-state index in [2.05, 4.69) is 25.6 Å². The van der Waals surface area contributed by atoms with Crippen molar-refractivity contribution in [2.24, 2.45) is 0 Å². The third kappa shape index (κ3) is 3.87. The van der Waals surface area contributed by atoms with Gasteiger partial charge in [0.25, 0.3) is 0 Å². The van der Waals surface area contributed by atoms with Gasteiger partial charge < -0.3 is 10.6 Å². The predicted octanol–water partition coefficient (Wildman–Crippen LogP) is 2.20. The van der Waals surface area contributed by atoms with Crippen molar-refractivity contribution in [2.45, 2.75) is 23.8 Å². The lowest BCUT2D eigenvalue weighted by Gasteiger charge is -2.16. The number of sulfonamides is 1. The quantitative estimate of drug-likeness (QED) is 0.567. The molecule has 0 unspecified atom stereocenters. The van der Waals surface area contributed by atoms with Gasteiger partial charge in [-0.3, -0.25) is 0 Å². The zero-order chi connectivity index (χ0) is 15.8. The Kier molecular flexibility index (Phi) is 5.15. The molecule has 3 N–H and O–H groups in total. The summed E-state index contributed by atoms with van der Waals surface area (Å²) in [6, 6.07) is 1.58. The van der Waals surface area contributed by atoms with E-state index in [0.29, 0.717) is 12.6 Å². The Labute approximate surface area is 136 Å². The molecule has 9 heteroatoms. The maximum absolute atomic E-state index is 14.0. The smallest absolute Gasteiger partial charge is 0.243 e. The lowest BCUT2D eigenvalue weighted by molar-refractivity contribution is 0.329. The van der Waals surface area contributed by atoms with Crippen LogP contribution in [0.3, 0.4) is 0 Å². The first-order valence-electron chi connectivity index (χ1n) is 6.37. The van der Waals surface area contributed by atoms with Gasteiger partial charge >= 0.3 is 0 Å². The van der Waals surface area contributed by atoms with Crippen molar-refractivity contribution in [1.82, 2.24) is 9.62 Å². The molecule has 1 aromatic carbocycles. The lowest BCUT2D eigenvalue weighted by atomic mass is 10.3. The fourth-order valence-electron chi connectivity index (χ4n) is 1.93. The normalized spacial score (nSPS) is 15.7. The Balaban J connectivity index is 2.12. The van der Waals surface area contributed by atoms with Crippen LogP contribution >= 0.6 is 27.5 Å². The summed E-state index contributed by atoms with van der Waals surface area (Å²) in [5.74, 6) is -1.01. The molecule has 1 fully saturated rings. The van der Waals surface area contributed by atoms with Gasteiger partial charge in [-0.25, -0.2) is 17.5 Å². The summed E-state index contributed by atoms with van der Waals surface area (Å²) in [5.41, 5.74) is 5.18. The van der Waals surface area contributed by atoms with Crippen molar-refractivity contribution in [2.75, 3.05) is 25.9 Å². The zero-order valence-corrected chi connectivity index (χ0v) is 14.5. The van der Waals surface area contributed by atoms with Crippen LogP contribution in [0.1, 0.15) is 12.8 Å². The number of rotatable bonds is 6. The van der Waals surface area contributed by atoms with Crippen LogP contribution in [-0.4, -0.2) is 39.5 Å². The minimum Gasteiger partial charge on any atom is -0.395 e. The van der Waals surface area contributed by atoms with Gasteiger partial charge in [-0.15, -0.1) is 0 Å². The van der Waals surface area contributed by atoms with Gasteiger partial charge in [0.15, 0.2) is 5.82 Å². The first-order valence-corrected chi connectivity index (χ1v) is 9.02. The average molecular weight is 401 g/mol. The van der Waals surface area contributed by atoms with Crippen LogP contribution in [0.5, 0.6) is 0 Å². The molecule has 5 nitrogen and oxygen atoms in total. The topological polar surface area (TPSA) is 75.4 Å². The molecule has 0 atom stereocenters. The molecule has 1 aliphatic carbocycles. The van der Waals surface area contributed by atoms with E-state index in [-0.39, 0.29) is 21.7 Å². The van der Waals surface area contributed by atoms with Crippen molar-refractivity contribution in [3.63, 3.8) is 0 Å². The number of likely N-dealkylation sites (N-methyl/N-ethyl adjacent to an activating group) is 1. The summed E-state index contributed by atoms with van der Waals surface area (Å²) >= 11 is 8.84. The molecule has 118 valence electrons. The van der Waals surface area contributed by atoms with E-state index in [1.54, 1.807) is 0 Å². The molecule has 0 radical (unpaired) electrons. The van der Waals surface area contributed by atoms with Gasteiger partial charge in [0, 0.05) is 19.1 Å². The molecule has 0 aromatic heterocycles. The van der Waals surface area contributed by atoms with E-state index >= 15 is 0 Å². The van der Waals surface area contributed by atoms with Crippen LogP contribution < -0.4 is 10.5 Å². The Hall–Kier alpha value is -0.410. The van der Waals surface area contributed by atoms with Crippen molar-refractivity contribution in [3.8, 4) is 0 Å². The fourth-order valence-corrected chi connectivity index (χ4v) is 3.63. The maximum Gasteiger partial charge on any atom is 0.243 e. The largest absolute Gasteiger partial charge is 0.395 e. The molecule has 0 saturated heterocycles. The van der Waals surface area contributed by atoms with Crippen LogP contribution in [-0.2, 0) is 10.0 Å². The van der Waals surface area contributed by atoms with E-state index in [1.165, 1.54) is 0 Å². The number of nitrogens with zero attached hydrogens (tertiary/aromatic N) is 1. The minimum absolute atomic E-state index is 0.0457. The van der Waals surface area contributed by atoms with E-state index in [0.717, 1.165) is 18.9 Å². The van der Waals surface area contributed by atoms with Crippen LogP contribution in [0.2, 0.25) is 5.02 Å². The summed E-state index contributed by atoms with van der Waals surface area (Å²) < 4.78 is 40.8.